The molecule has 0 aromatic carbocycles. The molecule has 1 amide bonds. The van der Waals surface area contributed by atoms with Gasteiger partial charge in [0.25, 0.3) is 0 Å². The number of carbonyl (C=O) groups excluding carboxylic acids is 1. The monoisotopic (exact) mass is 381 g/mol. The van der Waals surface area contributed by atoms with Crippen LogP contribution >= 0.6 is 0 Å². The number of nitrogens with two attached hydrogens (primary N) is 2. The fourth-order valence-corrected chi connectivity index (χ4v) is 1.45. The Balaban J connectivity index is 0.000000590. The van der Waals surface area contributed by atoms with E-state index in [1.165, 1.54) is 0 Å². The summed E-state index contributed by atoms with van der Waals surface area (Å²) in [5.74, 6) is -4.14. The maximum absolute atomic E-state index is 10.8. The van der Waals surface area contributed by atoms with Crippen LogP contribution in [0.1, 0.15) is 6.42 Å². The molecule has 0 saturated carbocycles. The van der Waals surface area contributed by atoms with Gasteiger partial charge in [-0.25, -0.2) is 25.0 Å². The van der Waals surface area contributed by atoms with Gasteiger partial charge in [0.1, 0.15) is 17.4 Å². The molecule has 1 unspecified atom stereocenters. The van der Waals surface area contributed by atoms with Gasteiger partial charge >= 0.3 is 17.6 Å². The van der Waals surface area contributed by atoms with Crippen molar-refractivity contribution in [2.45, 2.75) is 18.1 Å². The summed E-state index contributed by atoms with van der Waals surface area (Å²) in [5.41, 5.74) is 6.23. The number of carbonyl (C=O) groups is 3. The topological polar surface area (TPSA) is 280 Å². The van der Waals surface area contributed by atoms with Gasteiger partial charge in [-0.2, -0.15) is 0 Å². The Morgan fingerprint density at radius 3 is 1.85 bits per heavy atom. The average molecular weight is 381 g/mol. The van der Waals surface area contributed by atoms with Crippen molar-refractivity contribution < 1.29 is 39.6 Å². The van der Waals surface area contributed by atoms with E-state index >= 15 is 0 Å². The zero-order chi connectivity index (χ0) is 20.8. The van der Waals surface area contributed by atoms with Gasteiger partial charge in [0.15, 0.2) is 10.1 Å². The van der Waals surface area contributed by atoms with Gasteiger partial charge in [-0.3, -0.25) is 19.7 Å². The Bertz CT molecular complexity index is 661. The lowest BCUT2D eigenvalue weighted by Gasteiger charge is -2.19. The van der Waals surface area contributed by atoms with Crippen LogP contribution in [0.15, 0.2) is 12.3 Å². The van der Waals surface area contributed by atoms with Crippen molar-refractivity contribution in [2.75, 3.05) is 0 Å². The maximum atomic E-state index is 10.8. The molecule has 0 saturated heterocycles. The van der Waals surface area contributed by atoms with E-state index < -0.39 is 54.8 Å². The molecule has 0 radical (unpaired) electrons. The number of carboxylic acids is 2. The second-order valence-corrected chi connectivity index (χ2v) is 4.30. The normalized spacial score (nSPS) is 19.1. The largest absolute Gasteiger partial charge is 0.486 e. The van der Waals surface area contributed by atoms with Crippen LogP contribution < -0.4 is 11.5 Å². The van der Waals surface area contributed by atoms with E-state index in [9.17, 15) is 44.7 Å². The summed E-state index contributed by atoms with van der Waals surface area (Å²) in [6.45, 7) is 0. The number of carboxylic acid groups (broad SMARTS) is 2. The van der Waals surface area contributed by atoms with Gasteiger partial charge in [-0.15, -0.1) is 0 Å². The number of aliphatic carboxylic acids is 2. The third kappa shape index (κ3) is 4.47. The highest BCUT2D eigenvalue weighted by Gasteiger charge is 2.70. The molecular weight excluding hydrogens is 370 g/mol. The van der Waals surface area contributed by atoms with Crippen molar-refractivity contribution in [1.82, 2.24) is 10.2 Å². The number of nitrogens with zero attached hydrogens (tertiary/aromatic N) is 5. The second-order valence-electron chi connectivity index (χ2n) is 4.30. The van der Waals surface area contributed by atoms with E-state index in [0.717, 1.165) is 0 Å². The van der Waals surface area contributed by atoms with E-state index in [1.54, 1.807) is 0 Å². The van der Waals surface area contributed by atoms with Gasteiger partial charge in [0, 0.05) is 0 Å². The molecule has 1 heterocycles. The summed E-state index contributed by atoms with van der Waals surface area (Å²) in [7, 11) is 0. The molecule has 144 valence electrons. The number of primary amides is 1. The zero-order valence-electron chi connectivity index (χ0n) is 12.4. The molecule has 0 bridgehead atoms. The van der Waals surface area contributed by atoms with Gasteiger partial charge in [-0.1, -0.05) is 0 Å². The standard InChI is InChI=1S/C4H3N5O8.C4H8N2O3/c10-3(11)4(7(12)13)1-2-5(8(14)15)6(4)9(16)17;5-2(4(8)9)1-3(6)7/h1-2H,(H,10,11);2H,1,5H2,(H2,6,7)(H,8,9)/t;2-/m.0/s1. The molecule has 6 N–H and O–H groups in total. The van der Waals surface area contributed by atoms with Crippen LogP contribution in [0.5, 0.6) is 0 Å². The van der Waals surface area contributed by atoms with Gasteiger partial charge in [0.05, 0.1) is 22.5 Å². The average Bonchev–Trinajstić information content (AvgIpc) is 2.88. The lowest BCUT2D eigenvalue weighted by atomic mass is 10.2. The quantitative estimate of drug-likeness (QED) is 0.249. The van der Waals surface area contributed by atoms with Crippen LogP contribution in [0.2, 0.25) is 0 Å². The second kappa shape index (κ2) is 8.14. The number of hydrogen-bond donors (Lipinski definition) is 4. The first kappa shape index (κ1) is 21.9. The van der Waals surface area contributed by atoms with E-state index in [4.69, 9.17) is 15.9 Å². The van der Waals surface area contributed by atoms with Crippen molar-refractivity contribution in [1.29, 1.82) is 0 Å². The third-order valence-corrected chi connectivity index (χ3v) is 2.59. The fraction of sp³-hybridized carbons (Fsp3) is 0.375. The highest BCUT2D eigenvalue weighted by Crippen LogP contribution is 2.27. The van der Waals surface area contributed by atoms with E-state index in [1.807, 2.05) is 0 Å². The first-order valence-corrected chi connectivity index (χ1v) is 6.00. The van der Waals surface area contributed by atoms with Crippen molar-refractivity contribution >= 4 is 17.8 Å². The predicted octanol–water partition coefficient (Wildman–Crippen LogP) is -3.25. The molecule has 1 aliphatic rings. The Hall–Kier alpha value is -4.09. The molecule has 1 rings (SSSR count). The SMILES string of the molecule is NC(=O)C[C@H](N)C(=O)O.O=C(O)C1([N+](=O)[O-])C=CN([N+](=O)[O-])N1[N+](=O)[O-]. The smallest absolute Gasteiger partial charge is 0.480 e. The van der Waals surface area contributed by atoms with E-state index in [0.29, 0.717) is 6.20 Å². The van der Waals surface area contributed by atoms with Gasteiger partial charge < -0.3 is 21.7 Å². The highest BCUT2D eigenvalue weighted by molar-refractivity contribution is 5.83. The molecule has 0 aliphatic carbocycles. The molecule has 0 aromatic rings. The van der Waals surface area contributed by atoms with Crippen molar-refractivity contribution in [3.05, 3.63) is 42.6 Å². The fourth-order valence-electron chi connectivity index (χ4n) is 1.45. The number of rotatable bonds is 7. The molecular formula is C8H11N7O11. The molecule has 2 atom stereocenters. The minimum Gasteiger partial charge on any atom is -0.480 e. The number of hydrazine groups is 3. The predicted molar refractivity (Wildman–Crippen MR) is 73.6 cm³/mol. The molecule has 1 aliphatic heterocycles. The van der Waals surface area contributed by atoms with E-state index in [2.05, 4.69) is 5.73 Å². The lowest BCUT2D eigenvalue weighted by molar-refractivity contribution is -0.856. The molecule has 0 aromatic heterocycles. The lowest BCUT2D eigenvalue weighted by Crippen LogP contribution is -2.63. The summed E-state index contributed by atoms with van der Waals surface area (Å²) in [6.07, 6.45) is 0.246. The molecule has 26 heavy (non-hydrogen) atoms. The van der Waals surface area contributed by atoms with Gasteiger partial charge in [-0.05, 0) is 0 Å². The summed E-state index contributed by atoms with van der Waals surface area (Å²) >= 11 is 0. The Morgan fingerprint density at radius 1 is 1.12 bits per heavy atom. The minimum absolute atomic E-state index is 0.237. The number of nitro groups is 3. The first-order chi connectivity index (χ1) is 11.8. The van der Waals surface area contributed by atoms with Crippen molar-refractivity contribution in [3.8, 4) is 0 Å². The van der Waals surface area contributed by atoms with Crippen LogP contribution in [0.3, 0.4) is 0 Å². The first-order valence-electron chi connectivity index (χ1n) is 6.00. The number of amides is 1. The van der Waals surface area contributed by atoms with Crippen molar-refractivity contribution in [3.63, 3.8) is 0 Å². The van der Waals surface area contributed by atoms with Crippen LogP contribution in [0.4, 0.5) is 0 Å². The van der Waals surface area contributed by atoms with Crippen LogP contribution in [-0.2, 0) is 14.4 Å². The molecule has 0 spiro atoms. The summed E-state index contributed by atoms with van der Waals surface area (Å²) in [6, 6.07) is -1.16. The summed E-state index contributed by atoms with van der Waals surface area (Å²) < 4.78 is 0. The Kier molecular flexibility index (Phi) is 6.86. The van der Waals surface area contributed by atoms with Crippen LogP contribution in [0, 0.1) is 30.3 Å². The number of hydrogen-bond acceptors (Lipinski definition) is 10. The summed E-state index contributed by atoms with van der Waals surface area (Å²) in [4.78, 5) is 60.7. The van der Waals surface area contributed by atoms with Crippen molar-refractivity contribution in [2.24, 2.45) is 11.5 Å². The minimum atomic E-state index is -3.34. The highest BCUT2D eigenvalue weighted by atomic mass is 16.7. The summed E-state index contributed by atoms with van der Waals surface area (Å²) in [5, 5.41) is 44.3. The maximum Gasteiger partial charge on any atom is 0.486 e. The molecule has 18 nitrogen and oxygen atoms in total. The molecule has 0 fully saturated rings. The molecule has 18 heteroatoms. The third-order valence-electron chi connectivity index (χ3n) is 2.59. The Morgan fingerprint density at radius 2 is 1.62 bits per heavy atom. The van der Waals surface area contributed by atoms with Crippen LogP contribution in [-0.4, -0.2) is 65.0 Å². The Labute approximate surface area is 141 Å². The van der Waals surface area contributed by atoms with Crippen LogP contribution in [0.25, 0.3) is 0 Å². The van der Waals surface area contributed by atoms with Gasteiger partial charge in [0.2, 0.25) is 5.91 Å². The van der Waals surface area contributed by atoms with E-state index in [-0.39, 0.29) is 12.5 Å². The zero-order valence-corrected chi connectivity index (χ0v) is 12.4.